The summed E-state index contributed by atoms with van der Waals surface area (Å²) in [5, 5.41) is 2.38. The number of aryl methyl sites for hydroxylation is 1. The highest BCUT2D eigenvalue weighted by Gasteiger charge is 1.96. The van der Waals surface area contributed by atoms with E-state index in [0.29, 0.717) is 0 Å². The molecule has 1 aromatic rings. The van der Waals surface area contributed by atoms with Crippen molar-refractivity contribution in [1.29, 1.82) is 0 Å². The second-order valence-electron chi connectivity index (χ2n) is 2.47. The summed E-state index contributed by atoms with van der Waals surface area (Å²) >= 11 is 1.79. The maximum Gasteiger partial charge on any atom is 0.0907 e. The number of hydrogen-bond donors (Lipinski definition) is 0. The molecule has 0 bridgehead atoms. The van der Waals surface area contributed by atoms with E-state index in [1.807, 2.05) is 0 Å². The predicted octanol–water partition coefficient (Wildman–Crippen LogP) is 0.806. The smallest absolute Gasteiger partial charge is 0.0907 e. The average Bonchev–Trinajstić information content (AvgIpc) is 2.27. The molecule has 0 unspecified atom stereocenters. The van der Waals surface area contributed by atoms with E-state index in [1.54, 1.807) is 11.3 Å². The van der Waals surface area contributed by atoms with Gasteiger partial charge in [-0.05, 0) is 19.8 Å². The molecule has 0 saturated heterocycles. The van der Waals surface area contributed by atoms with E-state index in [4.69, 9.17) is 0 Å². The second-order valence-corrected chi connectivity index (χ2v) is 3.70. The Kier molecular flexibility index (Phi) is 1.34. The van der Waals surface area contributed by atoms with Crippen LogP contribution in [0.25, 0.3) is 12.2 Å². The van der Waals surface area contributed by atoms with Gasteiger partial charge in [-0.15, -0.1) is 11.3 Å². The first-order chi connectivity index (χ1) is 4.86. The number of thiazole rings is 1. The molecule has 1 aliphatic rings. The lowest BCUT2D eigenvalue weighted by Gasteiger charge is -1.89. The monoisotopic (exact) mass is 151 g/mol. The standard InChI is InChI=1S/C8H9NS/c1-6-9-7-4-2-3-5-8(7)10-6/h4-5H,2-3H2,1H3. The molecule has 1 nitrogen and oxygen atoms in total. The Balaban J connectivity index is 2.83. The third-order valence-corrected chi connectivity index (χ3v) is 2.60. The Bertz CT molecular complexity index is 314. The van der Waals surface area contributed by atoms with Gasteiger partial charge >= 0.3 is 0 Å². The minimum atomic E-state index is 1.16. The Morgan fingerprint density at radius 2 is 2.20 bits per heavy atom. The fourth-order valence-corrected chi connectivity index (χ4v) is 2.08. The fourth-order valence-electron chi connectivity index (χ4n) is 1.19. The van der Waals surface area contributed by atoms with E-state index in [1.165, 1.54) is 21.3 Å². The Morgan fingerprint density at radius 3 is 3.00 bits per heavy atom. The van der Waals surface area contributed by atoms with Crippen LogP contribution in [0.3, 0.4) is 0 Å². The SMILES string of the molecule is Cc1nc2c(s1)=CCCC=2. The van der Waals surface area contributed by atoms with Gasteiger partial charge < -0.3 is 0 Å². The zero-order valence-electron chi connectivity index (χ0n) is 5.92. The van der Waals surface area contributed by atoms with Crippen molar-refractivity contribution in [2.75, 3.05) is 0 Å². The second kappa shape index (κ2) is 2.20. The molecule has 0 aliphatic heterocycles. The number of nitrogens with zero attached hydrogens (tertiary/aromatic N) is 1. The van der Waals surface area contributed by atoms with Gasteiger partial charge in [0.25, 0.3) is 0 Å². The minimum absolute atomic E-state index is 1.16. The van der Waals surface area contributed by atoms with Gasteiger partial charge in [0, 0.05) is 0 Å². The van der Waals surface area contributed by atoms with Crippen LogP contribution in [0.2, 0.25) is 0 Å². The van der Waals surface area contributed by atoms with Gasteiger partial charge in [0.2, 0.25) is 0 Å². The van der Waals surface area contributed by atoms with Gasteiger partial charge in [-0.25, -0.2) is 4.98 Å². The number of fused-ring (bicyclic) bond motifs is 1. The third-order valence-electron chi connectivity index (χ3n) is 1.62. The van der Waals surface area contributed by atoms with Crippen LogP contribution in [0, 0.1) is 6.92 Å². The average molecular weight is 151 g/mol. The van der Waals surface area contributed by atoms with Crippen LogP contribution < -0.4 is 9.88 Å². The third kappa shape index (κ3) is 0.886. The summed E-state index contributed by atoms with van der Waals surface area (Å²) < 4.78 is 1.36. The van der Waals surface area contributed by atoms with Gasteiger partial charge in [-0.2, -0.15) is 0 Å². The predicted molar refractivity (Wildman–Crippen MR) is 44.3 cm³/mol. The molecule has 2 rings (SSSR count). The molecular weight excluding hydrogens is 142 g/mol. The Hall–Kier alpha value is -0.630. The highest BCUT2D eigenvalue weighted by atomic mass is 32.1. The highest BCUT2D eigenvalue weighted by Crippen LogP contribution is 1.98. The number of rotatable bonds is 0. The van der Waals surface area contributed by atoms with Crippen molar-refractivity contribution >= 4 is 23.5 Å². The van der Waals surface area contributed by atoms with Crippen LogP contribution in [0.15, 0.2) is 0 Å². The first-order valence-electron chi connectivity index (χ1n) is 3.50. The van der Waals surface area contributed by atoms with Crippen molar-refractivity contribution in [2.45, 2.75) is 19.8 Å². The molecule has 0 atom stereocenters. The summed E-state index contributed by atoms with van der Waals surface area (Å²) in [6.45, 7) is 2.06. The Morgan fingerprint density at radius 1 is 1.40 bits per heavy atom. The molecule has 0 spiro atoms. The zero-order chi connectivity index (χ0) is 6.97. The molecule has 10 heavy (non-hydrogen) atoms. The molecule has 2 heteroatoms. The first-order valence-corrected chi connectivity index (χ1v) is 4.32. The highest BCUT2D eigenvalue weighted by molar-refractivity contribution is 7.09. The van der Waals surface area contributed by atoms with Gasteiger partial charge in [0.15, 0.2) is 0 Å². The summed E-state index contributed by atoms with van der Waals surface area (Å²) in [4.78, 5) is 4.38. The normalized spacial score (nSPS) is 15.3. The van der Waals surface area contributed by atoms with Gasteiger partial charge in [-0.1, -0.05) is 12.2 Å². The van der Waals surface area contributed by atoms with Gasteiger partial charge in [0.1, 0.15) is 0 Å². The van der Waals surface area contributed by atoms with Crippen LogP contribution in [0.4, 0.5) is 0 Å². The number of hydrogen-bond acceptors (Lipinski definition) is 2. The van der Waals surface area contributed by atoms with E-state index in [9.17, 15) is 0 Å². The Labute approximate surface area is 63.7 Å². The summed E-state index contributed by atoms with van der Waals surface area (Å²) in [6, 6.07) is 0. The van der Waals surface area contributed by atoms with Crippen LogP contribution in [0.5, 0.6) is 0 Å². The van der Waals surface area contributed by atoms with Crippen molar-refractivity contribution in [1.82, 2.24) is 4.98 Å². The van der Waals surface area contributed by atoms with E-state index in [2.05, 4.69) is 24.1 Å². The van der Waals surface area contributed by atoms with Crippen LogP contribution in [0.1, 0.15) is 17.8 Å². The van der Waals surface area contributed by atoms with E-state index < -0.39 is 0 Å². The lowest BCUT2D eigenvalue weighted by atomic mass is 10.2. The van der Waals surface area contributed by atoms with Crippen LogP contribution >= 0.6 is 11.3 Å². The van der Waals surface area contributed by atoms with Crippen LogP contribution in [-0.4, -0.2) is 4.98 Å². The van der Waals surface area contributed by atoms with Crippen molar-refractivity contribution in [3.63, 3.8) is 0 Å². The first kappa shape index (κ1) is 6.10. The summed E-state index contributed by atoms with van der Waals surface area (Å²) in [7, 11) is 0. The maximum atomic E-state index is 4.38. The molecule has 0 fully saturated rings. The van der Waals surface area contributed by atoms with Crippen LogP contribution in [-0.2, 0) is 0 Å². The number of aromatic nitrogens is 1. The van der Waals surface area contributed by atoms with Crippen molar-refractivity contribution < 1.29 is 0 Å². The molecule has 0 saturated carbocycles. The zero-order valence-corrected chi connectivity index (χ0v) is 6.74. The summed E-state index contributed by atoms with van der Waals surface area (Å²) in [5.74, 6) is 0. The summed E-state index contributed by atoms with van der Waals surface area (Å²) in [6.07, 6.45) is 6.85. The quantitative estimate of drug-likeness (QED) is 0.534. The molecule has 0 aromatic carbocycles. The molecular formula is C8H9NS. The van der Waals surface area contributed by atoms with E-state index >= 15 is 0 Å². The van der Waals surface area contributed by atoms with Gasteiger partial charge in [-0.3, -0.25) is 0 Å². The van der Waals surface area contributed by atoms with E-state index in [0.717, 1.165) is 6.42 Å². The molecule has 1 aromatic heterocycles. The largest absolute Gasteiger partial charge is 0.242 e. The lowest BCUT2D eigenvalue weighted by molar-refractivity contribution is 1.10. The molecule has 52 valence electrons. The van der Waals surface area contributed by atoms with Crippen molar-refractivity contribution in [2.24, 2.45) is 0 Å². The molecule has 1 aliphatic carbocycles. The van der Waals surface area contributed by atoms with Gasteiger partial charge in [0.05, 0.1) is 14.9 Å². The topological polar surface area (TPSA) is 12.9 Å². The molecule has 0 N–H and O–H groups in total. The van der Waals surface area contributed by atoms with E-state index in [-0.39, 0.29) is 0 Å². The van der Waals surface area contributed by atoms with Crippen molar-refractivity contribution in [3.05, 3.63) is 14.9 Å². The lowest BCUT2D eigenvalue weighted by Crippen LogP contribution is -2.22. The van der Waals surface area contributed by atoms with Crippen molar-refractivity contribution in [3.8, 4) is 0 Å². The fraction of sp³-hybridized carbons (Fsp3) is 0.375. The molecule has 0 radical (unpaired) electrons. The summed E-state index contributed by atoms with van der Waals surface area (Å²) in [5.41, 5.74) is 0. The molecule has 0 amide bonds. The minimum Gasteiger partial charge on any atom is -0.242 e. The maximum absolute atomic E-state index is 4.38. The molecule has 1 heterocycles.